The van der Waals surface area contributed by atoms with Gasteiger partial charge in [-0.15, -0.1) is 0 Å². The molecule has 0 radical (unpaired) electrons. The predicted molar refractivity (Wildman–Crippen MR) is 121 cm³/mol. The van der Waals surface area contributed by atoms with Gasteiger partial charge in [0.2, 0.25) is 5.91 Å². The van der Waals surface area contributed by atoms with Gasteiger partial charge < -0.3 is 15.0 Å². The molecule has 0 aliphatic rings. The zero-order valence-corrected chi connectivity index (χ0v) is 18.7. The van der Waals surface area contributed by atoms with E-state index in [0.29, 0.717) is 30.3 Å². The van der Waals surface area contributed by atoms with Gasteiger partial charge in [0.05, 0.1) is 5.02 Å². The van der Waals surface area contributed by atoms with Gasteiger partial charge >= 0.3 is 0 Å². The molecule has 1 atom stereocenters. The second-order valence-corrected chi connectivity index (χ2v) is 7.71. The minimum atomic E-state index is -0.565. The molecule has 162 valence electrons. The molecule has 0 heterocycles. The number of carbonyl (C=O) groups excluding carboxylic acids is 2. The van der Waals surface area contributed by atoms with Crippen molar-refractivity contribution in [1.29, 1.82) is 0 Å². The van der Waals surface area contributed by atoms with E-state index in [1.54, 1.807) is 29.2 Å². The van der Waals surface area contributed by atoms with E-state index >= 15 is 0 Å². The molecule has 5 nitrogen and oxygen atoms in total. The van der Waals surface area contributed by atoms with Gasteiger partial charge in [-0.3, -0.25) is 9.59 Å². The summed E-state index contributed by atoms with van der Waals surface area (Å²) in [6.45, 7) is 6.75. The fourth-order valence-electron chi connectivity index (χ4n) is 3.22. The topological polar surface area (TPSA) is 58.6 Å². The summed E-state index contributed by atoms with van der Waals surface area (Å²) in [5, 5.41) is 3.40. The van der Waals surface area contributed by atoms with Crippen LogP contribution in [0.4, 0.5) is 0 Å². The first-order valence-corrected chi connectivity index (χ1v) is 10.8. The number of carbonyl (C=O) groups is 2. The van der Waals surface area contributed by atoms with Crippen molar-refractivity contribution >= 4 is 23.4 Å². The zero-order valence-electron chi connectivity index (χ0n) is 18.0. The number of benzene rings is 2. The number of nitrogens with one attached hydrogen (secondary N) is 1. The highest BCUT2D eigenvalue weighted by Crippen LogP contribution is 2.23. The summed E-state index contributed by atoms with van der Waals surface area (Å²) in [6, 6.07) is 14.4. The van der Waals surface area contributed by atoms with Gasteiger partial charge in [0.1, 0.15) is 11.8 Å². The number of nitrogens with zero attached hydrogens (tertiary/aromatic N) is 1. The van der Waals surface area contributed by atoms with Crippen molar-refractivity contribution in [3.8, 4) is 5.75 Å². The summed E-state index contributed by atoms with van der Waals surface area (Å²) < 4.78 is 5.66. The van der Waals surface area contributed by atoms with Crippen LogP contribution >= 0.6 is 11.6 Å². The summed E-state index contributed by atoms with van der Waals surface area (Å²) in [5.41, 5.74) is 2.08. The van der Waals surface area contributed by atoms with Gasteiger partial charge in [0, 0.05) is 13.1 Å². The van der Waals surface area contributed by atoms with Crippen molar-refractivity contribution in [2.24, 2.45) is 0 Å². The maximum atomic E-state index is 13.1. The highest BCUT2D eigenvalue weighted by atomic mass is 35.5. The lowest BCUT2D eigenvalue weighted by molar-refractivity contribution is -0.143. The molecule has 2 aromatic carbocycles. The van der Waals surface area contributed by atoms with Crippen LogP contribution in [0, 0.1) is 6.92 Å². The van der Waals surface area contributed by atoms with E-state index < -0.39 is 6.04 Å². The second-order valence-electron chi connectivity index (χ2n) is 7.30. The van der Waals surface area contributed by atoms with Crippen molar-refractivity contribution in [2.45, 2.75) is 52.6 Å². The number of hydrogen-bond acceptors (Lipinski definition) is 3. The first-order valence-electron chi connectivity index (χ1n) is 10.5. The number of unbranched alkanes of at least 4 members (excludes halogenated alkanes) is 1. The summed E-state index contributed by atoms with van der Waals surface area (Å²) in [5.74, 6) is 0.0575. The molecule has 0 aliphatic heterocycles. The van der Waals surface area contributed by atoms with E-state index in [0.717, 1.165) is 24.0 Å². The maximum Gasteiger partial charge on any atom is 0.261 e. The third kappa shape index (κ3) is 7.06. The zero-order chi connectivity index (χ0) is 21.9. The Morgan fingerprint density at radius 2 is 1.90 bits per heavy atom. The molecule has 0 saturated carbocycles. The van der Waals surface area contributed by atoms with Crippen LogP contribution in [0.2, 0.25) is 5.02 Å². The van der Waals surface area contributed by atoms with E-state index in [2.05, 4.69) is 12.2 Å². The van der Waals surface area contributed by atoms with Crippen molar-refractivity contribution in [3.63, 3.8) is 0 Å². The third-order valence-electron chi connectivity index (χ3n) is 4.84. The van der Waals surface area contributed by atoms with Gasteiger partial charge in [-0.25, -0.2) is 0 Å². The fourth-order valence-corrected chi connectivity index (χ4v) is 3.41. The standard InChI is InChI=1S/C24H31ClN2O3/c1-4-6-14-26-24(29)21(5-2)27(16-19-11-9-10-18(3)15-19)23(28)17-30-22-13-8-7-12-20(22)25/h7-13,15,21H,4-6,14,16-17H2,1-3H3,(H,26,29). The quantitative estimate of drug-likeness (QED) is 0.523. The van der Waals surface area contributed by atoms with Gasteiger partial charge in [0.25, 0.3) is 5.91 Å². The molecule has 0 spiro atoms. The first kappa shape index (κ1) is 23.7. The highest BCUT2D eigenvalue weighted by molar-refractivity contribution is 6.32. The van der Waals surface area contributed by atoms with E-state index in [1.165, 1.54) is 0 Å². The maximum absolute atomic E-state index is 13.1. The van der Waals surface area contributed by atoms with E-state index in [9.17, 15) is 9.59 Å². The van der Waals surface area contributed by atoms with Crippen molar-refractivity contribution in [3.05, 3.63) is 64.7 Å². The van der Waals surface area contributed by atoms with Crippen molar-refractivity contribution in [2.75, 3.05) is 13.2 Å². The van der Waals surface area contributed by atoms with Gasteiger partial charge in [-0.05, 0) is 37.5 Å². The molecular formula is C24H31ClN2O3. The van der Waals surface area contributed by atoms with E-state index in [1.807, 2.05) is 38.1 Å². The molecule has 0 aromatic heterocycles. The Bertz CT molecular complexity index is 841. The van der Waals surface area contributed by atoms with Crippen LogP contribution in [0.15, 0.2) is 48.5 Å². The molecule has 6 heteroatoms. The average Bonchev–Trinajstić information content (AvgIpc) is 2.73. The molecular weight excluding hydrogens is 400 g/mol. The smallest absolute Gasteiger partial charge is 0.261 e. The summed E-state index contributed by atoms with van der Waals surface area (Å²) in [4.78, 5) is 27.5. The van der Waals surface area contributed by atoms with E-state index in [4.69, 9.17) is 16.3 Å². The molecule has 0 aliphatic carbocycles. The third-order valence-corrected chi connectivity index (χ3v) is 5.15. The summed E-state index contributed by atoms with van der Waals surface area (Å²) >= 11 is 6.13. The van der Waals surface area contributed by atoms with Crippen LogP contribution < -0.4 is 10.1 Å². The molecule has 2 amide bonds. The number of hydrogen-bond donors (Lipinski definition) is 1. The normalized spacial score (nSPS) is 11.6. The number of amides is 2. The van der Waals surface area contributed by atoms with Gasteiger partial charge in [0.15, 0.2) is 6.61 Å². The lowest BCUT2D eigenvalue weighted by Gasteiger charge is -2.30. The number of aryl methyl sites for hydroxylation is 1. The SMILES string of the molecule is CCCCNC(=O)C(CC)N(Cc1cccc(C)c1)C(=O)COc1ccccc1Cl. The monoisotopic (exact) mass is 430 g/mol. The lowest BCUT2D eigenvalue weighted by atomic mass is 10.1. The Morgan fingerprint density at radius 3 is 2.57 bits per heavy atom. The molecule has 2 rings (SSSR count). The predicted octanol–water partition coefficient (Wildman–Crippen LogP) is 4.75. The minimum absolute atomic E-state index is 0.135. The Morgan fingerprint density at radius 1 is 1.13 bits per heavy atom. The number of rotatable bonds is 11. The average molecular weight is 431 g/mol. The molecule has 0 saturated heterocycles. The Hall–Kier alpha value is -2.53. The molecule has 2 aromatic rings. The summed E-state index contributed by atoms with van der Waals surface area (Å²) in [7, 11) is 0. The fraction of sp³-hybridized carbons (Fsp3) is 0.417. The lowest BCUT2D eigenvalue weighted by Crippen LogP contribution is -2.50. The van der Waals surface area contributed by atoms with Crippen LogP contribution in [-0.2, 0) is 16.1 Å². The second kappa shape index (κ2) is 12.2. The van der Waals surface area contributed by atoms with E-state index in [-0.39, 0.29) is 18.4 Å². The van der Waals surface area contributed by atoms with Crippen molar-refractivity contribution in [1.82, 2.24) is 10.2 Å². The van der Waals surface area contributed by atoms with Crippen LogP contribution in [0.3, 0.4) is 0 Å². The molecule has 0 fully saturated rings. The largest absolute Gasteiger partial charge is 0.482 e. The number of para-hydroxylation sites is 1. The molecule has 30 heavy (non-hydrogen) atoms. The molecule has 0 bridgehead atoms. The highest BCUT2D eigenvalue weighted by Gasteiger charge is 2.28. The number of halogens is 1. The van der Waals surface area contributed by atoms with Crippen molar-refractivity contribution < 1.29 is 14.3 Å². The van der Waals surface area contributed by atoms with Gasteiger partial charge in [-0.1, -0.05) is 73.8 Å². The molecule has 1 unspecified atom stereocenters. The number of ether oxygens (including phenoxy) is 1. The Balaban J connectivity index is 2.18. The summed E-state index contributed by atoms with van der Waals surface area (Å²) in [6.07, 6.45) is 2.42. The minimum Gasteiger partial charge on any atom is -0.482 e. The van der Waals surface area contributed by atoms with Crippen LogP contribution in [0.5, 0.6) is 5.75 Å². The van der Waals surface area contributed by atoms with Crippen LogP contribution in [0.25, 0.3) is 0 Å². The van der Waals surface area contributed by atoms with Gasteiger partial charge in [-0.2, -0.15) is 0 Å². The molecule has 1 N–H and O–H groups in total. The Kier molecular flexibility index (Phi) is 9.68. The Labute approximate surface area is 184 Å². The van der Waals surface area contributed by atoms with Crippen LogP contribution in [-0.4, -0.2) is 35.9 Å². The first-order chi connectivity index (χ1) is 14.5. The van der Waals surface area contributed by atoms with Crippen LogP contribution in [0.1, 0.15) is 44.2 Å².